The first-order valence-corrected chi connectivity index (χ1v) is 24.2. The number of aliphatic hydroxyl groups is 1. The van der Waals surface area contributed by atoms with Crippen molar-refractivity contribution in [3.63, 3.8) is 0 Å². The van der Waals surface area contributed by atoms with Gasteiger partial charge >= 0.3 is 5.97 Å². The molecule has 5 nitrogen and oxygen atoms in total. The second kappa shape index (κ2) is 41.6. The Balaban J connectivity index is 4.20. The molecule has 0 radical (unpaired) electrons. The highest BCUT2D eigenvalue weighted by molar-refractivity contribution is 8.13. The summed E-state index contributed by atoms with van der Waals surface area (Å²) in [6.07, 6.45) is 38.4. The number of hydrogen-bond donors (Lipinski definition) is 1. The summed E-state index contributed by atoms with van der Waals surface area (Å²) < 4.78 is 5.79. The summed E-state index contributed by atoms with van der Waals surface area (Å²) in [5, 5.41) is 10.1. The van der Waals surface area contributed by atoms with Gasteiger partial charge in [-0.3, -0.25) is 9.59 Å². The van der Waals surface area contributed by atoms with Crippen LogP contribution in [0.1, 0.15) is 233 Å². The van der Waals surface area contributed by atoms with Gasteiger partial charge in [0.05, 0.1) is 19.1 Å². The predicted octanol–water partition coefficient (Wildman–Crippen LogP) is 13.9. The standard InChI is InChI=1S/C46H91NO4S/c1-5-9-13-17-19-27-34-43(33-25-15-11-7-3)45(49)51-41-31-23-21-29-37-47(39-40-48)38-30-22-24-32-42-52-46(50)44(35-26-16-12-8-4)36-28-20-18-14-10-6-2/h43-44,48H,5-42H2,1-4H3. The van der Waals surface area contributed by atoms with Crippen LogP contribution >= 0.6 is 11.8 Å². The van der Waals surface area contributed by atoms with Crippen molar-refractivity contribution >= 4 is 22.8 Å². The van der Waals surface area contributed by atoms with Crippen LogP contribution < -0.4 is 0 Å². The van der Waals surface area contributed by atoms with Crippen molar-refractivity contribution in [2.45, 2.75) is 233 Å². The van der Waals surface area contributed by atoms with E-state index >= 15 is 0 Å². The normalized spacial score (nSPS) is 12.8. The number of carbonyl (C=O) groups excluding carboxylic acids is 2. The zero-order valence-electron chi connectivity index (χ0n) is 35.6. The minimum Gasteiger partial charge on any atom is -0.465 e. The van der Waals surface area contributed by atoms with Crippen LogP contribution in [0.2, 0.25) is 0 Å². The fourth-order valence-corrected chi connectivity index (χ4v) is 8.40. The molecular weight excluding hydrogens is 663 g/mol. The van der Waals surface area contributed by atoms with Gasteiger partial charge in [0.15, 0.2) is 5.12 Å². The summed E-state index contributed by atoms with van der Waals surface area (Å²) in [5.74, 6) is 1.38. The van der Waals surface area contributed by atoms with Gasteiger partial charge in [0.2, 0.25) is 0 Å². The molecule has 0 rings (SSSR count). The first-order valence-electron chi connectivity index (χ1n) is 23.2. The molecule has 0 bridgehead atoms. The number of nitrogens with zero attached hydrogens (tertiary/aromatic N) is 1. The quantitative estimate of drug-likeness (QED) is 0.0494. The van der Waals surface area contributed by atoms with E-state index in [1.807, 2.05) is 0 Å². The topological polar surface area (TPSA) is 66.8 Å². The van der Waals surface area contributed by atoms with Gasteiger partial charge in [0.1, 0.15) is 0 Å². The third-order valence-electron chi connectivity index (χ3n) is 10.9. The van der Waals surface area contributed by atoms with E-state index in [9.17, 15) is 14.7 Å². The van der Waals surface area contributed by atoms with Gasteiger partial charge in [0.25, 0.3) is 0 Å². The molecule has 52 heavy (non-hydrogen) atoms. The Labute approximate surface area is 329 Å². The van der Waals surface area contributed by atoms with Crippen LogP contribution in [0.25, 0.3) is 0 Å². The van der Waals surface area contributed by atoms with Gasteiger partial charge in [-0.1, -0.05) is 194 Å². The molecule has 0 spiro atoms. The van der Waals surface area contributed by atoms with E-state index < -0.39 is 0 Å². The van der Waals surface area contributed by atoms with Crippen molar-refractivity contribution in [2.24, 2.45) is 11.8 Å². The van der Waals surface area contributed by atoms with Gasteiger partial charge in [0, 0.05) is 18.2 Å². The van der Waals surface area contributed by atoms with Crippen LogP contribution in [-0.4, -0.2) is 59.7 Å². The summed E-state index contributed by atoms with van der Waals surface area (Å²) in [7, 11) is 0. The lowest BCUT2D eigenvalue weighted by Crippen LogP contribution is -2.29. The minimum absolute atomic E-state index is 0.0508. The maximum Gasteiger partial charge on any atom is 0.308 e. The molecule has 310 valence electrons. The predicted molar refractivity (Wildman–Crippen MR) is 229 cm³/mol. The molecule has 0 amide bonds. The Bertz CT molecular complexity index is 692. The van der Waals surface area contributed by atoms with Crippen molar-refractivity contribution in [1.82, 2.24) is 4.90 Å². The third-order valence-corrected chi connectivity index (χ3v) is 12.0. The highest BCUT2D eigenvalue weighted by Gasteiger charge is 2.20. The lowest BCUT2D eigenvalue weighted by atomic mass is 9.94. The average molecular weight is 754 g/mol. The lowest BCUT2D eigenvalue weighted by molar-refractivity contribution is -0.149. The number of thioether (sulfide) groups is 1. The largest absolute Gasteiger partial charge is 0.465 e. The molecule has 0 aromatic carbocycles. The first kappa shape index (κ1) is 51.4. The van der Waals surface area contributed by atoms with E-state index in [2.05, 4.69) is 32.6 Å². The van der Waals surface area contributed by atoms with Gasteiger partial charge in [-0.15, -0.1) is 0 Å². The van der Waals surface area contributed by atoms with Crippen LogP contribution in [0.4, 0.5) is 0 Å². The minimum atomic E-state index is 0.0508. The molecule has 0 heterocycles. The van der Waals surface area contributed by atoms with Crippen molar-refractivity contribution in [2.75, 3.05) is 38.6 Å². The number of ether oxygens (including phenoxy) is 1. The zero-order valence-corrected chi connectivity index (χ0v) is 36.4. The molecule has 0 saturated carbocycles. The van der Waals surface area contributed by atoms with Gasteiger partial charge in [-0.2, -0.15) is 0 Å². The summed E-state index contributed by atoms with van der Waals surface area (Å²) in [6, 6.07) is 0. The van der Waals surface area contributed by atoms with Crippen LogP contribution in [0.3, 0.4) is 0 Å². The SMILES string of the molecule is CCCCCCCCC(CCCCCC)C(=O)OCCCCCCN(CCO)CCCCCCSC(=O)C(CCCCCC)CCCCCCCC. The molecule has 0 saturated heterocycles. The summed E-state index contributed by atoms with van der Waals surface area (Å²) in [4.78, 5) is 28.4. The molecule has 0 aliphatic heterocycles. The molecule has 0 aromatic heterocycles. The molecule has 2 unspecified atom stereocenters. The van der Waals surface area contributed by atoms with E-state index in [0.717, 1.165) is 102 Å². The van der Waals surface area contributed by atoms with Crippen molar-refractivity contribution < 1.29 is 19.4 Å². The summed E-state index contributed by atoms with van der Waals surface area (Å²) in [6.45, 7) is 12.6. The molecular formula is C46H91NO4S. The fourth-order valence-electron chi connectivity index (χ4n) is 7.38. The number of unbranched alkanes of at least 4 members (excludes halogenated alkanes) is 22. The number of aliphatic hydroxyl groups excluding tert-OH is 1. The molecule has 0 aromatic rings. The smallest absolute Gasteiger partial charge is 0.308 e. The monoisotopic (exact) mass is 754 g/mol. The Hall–Kier alpha value is -0.590. The molecule has 2 atom stereocenters. The molecule has 0 aliphatic carbocycles. The van der Waals surface area contributed by atoms with Crippen molar-refractivity contribution in [3.05, 3.63) is 0 Å². The molecule has 0 aliphatic rings. The Morgan fingerprint density at radius 1 is 0.481 bits per heavy atom. The average Bonchev–Trinajstić information content (AvgIpc) is 3.14. The van der Waals surface area contributed by atoms with Gasteiger partial charge in [-0.05, 0) is 64.5 Å². The van der Waals surface area contributed by atoms with Gasteiger partial charge < -0.3 is 14.7 Å². The molecule has 6 heteroatoms. The summed E-state index contributed by atoms with van der Waals surface area (Å²) in [5.41, 5.74) is 0. The van der Waals surface area contributed by atoms with Crippen LogP contribution in [-0.2, 0) is 14.3 Å². The number of carbonyl (C=O) groups is 2. The Morgan fingerprint density at radius 3 is 1.35 bits per heavy atom. The van der Waals surface area contributed by atoms with Crippen LogP contribution in [0.5, 0.6) is 0 Å². The highest BCUT2D eigenvalue weighted by Crippen LogP contribution is 2.25. The van der Waals surface area contributed by atoms with Crippen LogP contribution in [0, 0.1) is 11.8 Å². The third kappa shape index (κ3) is 33.9. The number of hydrogen-bond acceptors (Lipinski definition) is 6. The maximum atomic E-state index is 13.1. The van der Waals surface area contributed by atoms with E-state index in [0.29, 0.717) is 11.7 Å². The van der Waals surface area contributed by atoms with E-state index in [4.69, 9.17) is 4.74 Å². The maximum absolute atomic E-state index is 13.1. The van der Waals surface area contributed by atoms with E-state index in [-0.39, 0.29) is 24.4 Å². The second-order valence-electron chi connectivity index (χ2n) is 15.9. The van der Waals surface area contributed by atoms with Crippen LogP contribution in [0.15, 0.2) is 0 Å². The Kier molecular flexibility index (Phi) is 41.1. The molecule has 0 fully saturated rings. The van der Waals surface area contributed by atoms with Crippen molar-refractivity contribution in [1.29, 1.82) is 0 Å². The van der Waals surface area contributed by atoms with Gasteiger partial charge in [-0.25, -0.2) is 0 Å². The fraction of sp³-hybridized carbons (Fsp3) is 0.957. The number of rotatable bonds is 42. The van der Waals surface area contributed by atoms with E-state index in [1.165, 1.54) is 128 Å². The molecule has 1 N–H and O–H groups in total. The lowest BCUT2D eigenvalue weighted by Gasteiger charge is -2.21. The zero-order chi connectivity index (χ0) is 38.2. The van der Waals surface area contributed by atoms with E-state index in [1.54, 1.807) is 11.8 Å². The number of esters is 1. The second-order valence-corrected chi connectivity index (χ2v) is 17.0. The highest BCUT2D eigenvalue weighted by atomic mass is 32.2. The first-order chi connectivity index (χ1) is 25.5. The van der Waals surface area contributed by atoms with Crippen molar-refractivity contribution in [3.8, 4) is 0 Å². The Morgan fingerprint density at radius 2 is 0.865 bits per heavy atom. The summed E-state index contributed by atoms with van der Waals surface area (Å²) >= 11 is 1.61.